The predicted molar refractivity (Wildman–Crippen MR) is 49.9 cm³/mol. The number of alkyl halides is 1. The fourth-order valence-electron chi connectivity index (χ4n) is 1.43. The third kappa shape index (κ3) is 1.29. The second-order valence-corrected chi connectivity index (χ2v) is 3.74. The van der Waals surface area contributed by atoms with Crippen molar-refractivity contribution >= 4 is 11.6 Å². The normalized spacial score (nSPS) is 16.8. The van der Waals surface area contributed by atoms with Crippen LogP contribution >= 0.6 is 11.6 Å². The van der Waals surface area contributed by atoms with Gasteiger partial charge in [0.2, 0.25) is 0 Å². The van der Waals surface area contributed by atoms with Gasteiger partial charge in [-0.05, 0) is 24.1 Å². The van der Waals surface area contributed by atoms with E-state index < -0.39 is 0 Å². The zero-order valence-corrected chi connectivity index (χ0v) is 7.77. The van der Waals surface area contributed by atoms with Crippen molar-refractivity contribution < 1.29 is 4.74 Å². The van der Waals surface area contributed by atoms with E-state index in [1.807, 2.05) is 13.0 Å². The molecular weight excluding hydrogens is 172 g/mol. The number of rotatable bonds is 1. The first-order valence-electron chi connectivity index (χ1n) is 4.17. The summed E-state index contributed by atoms with van der Waals surface area (Å²) < 4.78 is 5.43. The predicted octanol–water partition coefficient (Wildman–Crippen LogP) is 2.92. The molecule has 1 unspecified atom stereocenters. The monoisotopic (exact) mass is 182 g/mol. The van der Waals surface area contributed by atoms with E-state index in [1.165, 1.54) is 5.56 Å². The Balaban J connectivity index is 2.39. The van der Waals surface area contributed by atoms with Gasteiger partial charge in [0.15, 0.2) is 0 Å². The molecule has 12 heavy (non-hydrogen) atoms. The molecule has 0 spiro atoms. The number of hydrogen-bond donors (Lipinski definition) is 0. The van der Waals surface area contributed by atoms with Crippen molar-refractivity contribution in [2.45, 2.75) is 18.7 Å². The van der Waals surface area contributed by atoms with E-state index in [9.17, 15) is 0 Å². The minimum atomic E-state index is 0.0690. The zero-order chi connectivity index (χ0) is 8.55. The molecule has 1 nitrogen and oxygen atoms in total. The summed E-state index contributed by atoms with van der Waals surface area (Å²) in [7, 11) is 0. The maximum absolute atomic E-state index is 5.95. The van der Waals surface area contributed by atoms with Gasteiger partial charge in [0.25, 0.3) is 0 Å². The van der Waals surface area contributed by atoms with Crippen molar-refractivity contribution in [2.24, 2.45) is 0 Å². The lowest BCUT2D eigenvalue weighted by molar-refractivity contribution is 0.356. The Labute approximate surface area is 77.3 Å². The van der Waals surface area contributed by atoms with Crippen LogP contribution in [0.1, 0.15) is 23.4 Å². The standard InChI is InChI=1S/C10H11ClO/c1-7(11)9-3-2-8-4-5-12-10(8)6-9/h2-3,6-7H,4-5H2,1H3. The molecule has 1 aliphatic rings. The lowest BCUT2D eigenvalue weighted by atomic mass is 10.1. The minimum absolute atomic E-state index is 0.0690. The first-order valence-corrected chi connectivity index (χ1v) is 4.61. The van der Waals surface area contributed by atoms with Crippen LogP contribution in [-0.2, 0) is 6.42 Å². The molecule has 0 N–H and O–H groups in total. The molecular formula is C10H11ClO. The van der Waals surface area contributed by atoms with Crippen molar-refractivity contribution in [3.63, 3.8) is 0 Å². The highest BCUT2D eigenvalue weighted by molar-refractivity contribution is 6.20. The van der Waals surface area contributed by atoms with E-state index in [0.717, 1.165) is 24.3 Å². The Morgan fingerprint density at radius 2 is 2.33 bits per heavy atom. The van der Waals surface area contributed by atoms with Crippen LogP contribution < -0.4 is 4.74 Å². The summed E-state index contributed by atoms with van der Waals surface area (Å²) in [5.74, 6) is 1.01. The second-order valence-electron chi connectivity index (χ2n) is 3.08. The molecule has 0 saturated heterocycles. The Bertz CT molecular complexity index is 294. The fourth-order valence-corrected chi connectivity index (χ4v) is 1.57. The molecule has 2 rings (SSSR count). The van der Waals surface area contributed by atoms with Gasteiger partial charge in [-0.3, -0.25) is 0 Å². The van der Waals surface area contributed by atoms with Crippen molar-refractivity contribution in [2.75, 3.05) is 6.61 Å². The molecule has 0 fully saturated rings. The number of ether oxygens (including phenoxy) is 1. The maximum Gasteiger partial charge on any atom is 0.122 e. The Morgan fingerprint density at radius 3 is 3.08 bits per heavy atom. The van der Waals surface area contributed by atoms with E-state index in [2.05, 4.69) is 12.1 Å². The summed E-state index contributed by atoms with van der Waals surface area (Å²) in [4.78, 5) is 0. The summed E-state index contributed by atoms with van der Waals surface area (Å²) >= 11 is 5.95. The van der Waals surface area contributed by atoms with Gasteiger partial charge >= 0.3 is 0 Å². The van der Waals surface area contributed by atoms with Crippen molar-refractivity contribution in [3.8, 4) is 5.75 Å². The molecule has 0 bridgehead atoms. The van der Waals surface area contributed by atoms with Gasteiger partial charge in [-0.25, -0.2) is 0 Å². The highest BCUT2D eigenvalue weighted by atomic mass is 35.5. The first kappa shape index (κ1) is 7.93. The van der Waals surface area contributed by atoms with E-state index in [4.69, 9.17) is 16.3 Å². The number of hydrogen-bond acceptors (Lipinski definition) is 1. The van der Waals surface area contributed by atoms with Crippen LogP contribution in [0.25, 0.3) is 0 Å². The largest absolute Gasteiger partial charge is 0.493 e. The highest BCUT2D eigenvalue weighted by Crippen LogP contribution is 2.30. The first-order chi connectivity index (χ1) is 5.77. The van der Waals surface area contributed by atoms with Crippen LogP contribution in [0, 0.1) is 0 Å². The average molecular weight is 183 g/mol. The van der Waals surface area contributed by atoms with E-state index in [0.29, 0.717) is 0 Å². The molecule has 0 saturated carbocycles. The molecule has 1 aromatic rings. The highest BCUT2D eigenvalue weighted by Gasteiger charge is 2.13. The van der Waals surface area contributed by atoms with E-state index in [-0.39, 0.29) is 5.38 Å². The summed E-state index contributed by atoms with van der Waals surface area (Å²) in [5.41, 5.74) is 2.44. The van der Waals surface area contributed by atoms with Crippen LogP contribution in [0.15, 0.2) is 18.2 Å². The second kappa shape index (κ2) is 2.98. The Kier molecular flexibility index (Phi) is 1.97. The fraction of sp³-hybridized carbons (Fsp3) is 0.400. The van der Waals surface area contributed by atoms with Gasteiger partial charge in [0, 0.05) is 6.42 Å². The topological polar surface area (TPSA) is 9.23 Å². The Morgan fingerprint density at radius 1 is 1.50 bits per heavy atom. The van der Waals surface area contributed by atoms with Gasteiger partial charge in [0.05, 0.1) is 12.0 Å². The summed E-state index contributed by atoms with van der Waals surface area (Å²) in [5, 5.41) is 0.0690. The third-order valence-corrected chi connectivity index (χ3v) is 2.43. The summed E-state index contributed by atoms with van der Waals surface area (Å²) in [6.07, 6.45) is 1.03. The van der Waals surface area contributed by atoms with Crippen LogP contribution in [-0.4, -0.2) is 6.61 Å². The van der Waals surface area contributed by atoms with Gasteiger partial charge in [0.1, 0.15) is 5.75 Å². The van der Waals surface area contributed by atoms with Gasteiger partial charge in [-0.1, -0.05) is 12.1 Å². The van der Waals surface area contributed by atoms with Crippen molar-refractivity contribution in [3.05, 3.63) is 29.3 Å². The SMILES string of the molecule is CC(Cl)c1ccc2c(c1)OCC2. The molecule has 1 atom stereocenters. The van der Waals surface area contributed by atoms with Crippen LogP contribution in [0.2, 0.25) is 0 Å². The molecule has 1 heterocycles. The maximum atomic E-state index is 5.95. The quantitative estimate of drug-likeness (QED) is 0.607. The number of fused-ring (bicyclic) bond motifs is 1. The van der Waals surface area contributed by atoms with Crippen molar-refractivity contribution in [1.82, 2.24) is 0 Å². The van der Waals surface area contributed by atoms with E-state index >= 15 is 0 Å². The number of benzene rings is 1. The van der Waals surface area contributed by atoms with Gasteiger partial charge in [-0.15, -0.1) is 11.6 Å². The van der Waals surface area contributed by atoms with Gasteiger partial charge < -0.3 is 4.74 Å². The molecule has 64 valence electrons. The third-order valence-electron chi connectivity index (χ3n) is 2.18. The molecule has 0 aromatic heterocycles. The molecule has 0 aliphatic carbocycles. The number of halogens is 1. The molecule has 2 heteroatoms. The van der Waals surface area contributed by atoms with Crippen LogP contribution in [0.3, 0.4) is 0 Å². The lowest BCUT2D eigenvalue weighted by Crippen LogP contribution is -1.87. The average Bonchev–Trinajstić information content (AvgIpc) is 2.49. The lowest BCUT2D eigenvalue weighted by Gasteiger charge is -2.05. The molecule has 1 aliphatic heterocycles. The molecule has 0 radical (unpaired) electrons. The Hall–Kier alpha value is -0.690. The van der Waals surface area contributed by atoms with Crippen LogP contribution in [0.4, 0.5) is 0 Å². The van der Waals surface area contributed by atoms with E-state index in [1.54, 1.807) is 0 Å². The smallest absolute Gasteiger partial charge is 0.122 e. The minimum Gasteiger partial charge on any atom is -0.493 e. The molecule has 0 amide bonds. The van der Waals surface area contributed by atoms with Crippen molar-refractivity contribution in [1.29, 1.82) is 0 Å². The molecule has 1 aromatic carbocycles. The summed E-state index contributed by atoms with van der Waals surface area (Å²) in [6, 6.07) is 6.22. The van der Waals surface area contributed by atoms with Gasteiger partial charge in [-0.2, -0.15) is 0 Å². The zero-order valence-electron chi connectivity index (χ0n) is 7.01. The summed E-state index contributed by atoms with van der Waals surface area (Å²) in [6.45, 7) is 2.79. The van der Waals surface area contributed by atoms with Crippen LogP contribution in [0.5, 0.6) is 5.75 Å².